The molecule has 2 aromatic heterocycles. The molecule has 1 N–H and O–H groups in total. The summed E-state index contributed by atoms with van der Waals surface area (Å²) in [5.41, 5.74) is 1.11. The lowest BCUT2D eigenvalue weighted by Gasteiger charge is -2.22. The lowest BCUT2D eigenvalue weighted by atomic mass is 9.96. The smallest absolute Gasteiger partial charge is 0.184 e. The summed E-state index contributed by atoms with van der Waals surface area (Å²) in [6.07, 6.45) is 3.06. The minimum absolute atomic E-state index is 0.225. The molecule has 28 heavy (non-hydrogen) atoms. The van der Waals surface area contributed by atoms with Gasteiger partial charge < -0.3 is 14.9 Å². The average Bonchev–Trinajstić information content (AvgIpc) is 3.19. The highest BCUT2D eigenvalue weighted by Crippen LogP contribution is 2.29. The second-order valence-electron chi connectivity index (χ2n) is 8.45. The molecule has 4 heterocycles. The van der Waals surface area contributed by atoms with Crippen LogP contribution in [0.25, 0.3) is 11.2 Å². The molecule has 0 aliphatic carbocycles. The first kappa shape index (κ1) is 18.7. The maximum Gasteiger partial charge on any atom is 0.184 e. The Balaban J connectivity index is 1.78. The summed E-state index contributed by atoms with van der Waals surface area (Å²) in [6.45, 7) is 8.84. The molecular weight excluding hydrogens is 358 g/mol. The first-order valence-electron chi connectivity index (χ1n) is 9.67. The van der Waals surface area contributed by atoms with Crippen molar-refractivity contribution in [3.8, 4) is 0 Å². The van der Waals surface area contributed by atoms with Crippen LogP contribution in [-0.2, 0) is 12.0 Å². The highest BCUT2D eigenvalue weighted by Gasteiger charge is 2.29. The minimum atomic E-state index is -0.343. The van der Waals surface area contributed by atoms with Gasteiger partial charge in [0.15, 0.2) is 17.0 Å². The number of aromatic nitrogens is 5. The third kappa shape index (κ3) is 3.56. The Kier molecular flexibility index (Phi) is 4.74. The van der Waals surface area contributed by atoms with Crippen LogP contribution >= 0.6 is 0 Å². The molecule has 0 aromatic carbocycles. The topological polar surface area (TPSA) is 108 Å². The third-order valence-corrected chi connectivity index (χ3v) is 5.06. The van der Waals surface area contributed by atoms with Crippen molar-refractivity contribution in [1.29, 1.82) is 0 Å². The first-order chi connectivity index (χ1) is 13.3. The number of anilines is 1. The molecule has 0 amide bonds. The molecule has 2 aliphatic rings. The monoisotopic (exact) mass is 385 g/mol. The summed E-state index contributed by atoms with van der Waals surface area (Å²) in [5, 5.41) is 27.1. The fourth-order valence-corrected chi connectivity index (χ4v) is 3.35. The summed E-state index contributed by atoms with van der Waals surface area (Å²) in [4.78, 5) is 13.7. The maximum absolute atomic E-state index is 9.98. The molecule has 4 rings (SSSR count). The summed E-state index contributed by atoms with van der Waals surface area (Å²) in [7, 11) is 2.00. The van der Waals surface area contributed by atoms with E-state index in [1.165, 1.54) is 0 Å². The summed E-state index contributed by atoms with van der Waals surface area (Å²) in [5.74, 6) is 2.29. The summed E-state index contributed by atoms with van der Waals surface area (Å²) < 4.78 is 1.76. The molecule has 0 radical (unpaired) electrons. The van der Waals surface area contributed by atoms with E-state index in [0.29, 0.717) is 24.3 Å². The maximum atomic E-state index is 9.98. The number of hydrogen-bond donors (Lipinski definition) is 1. The van der Waals surface area contributed by atoms with Gasteiger partial charge in [0.05, 0.1) is 6.10 Å². The molecular formula is C18H27N9O. The van der Waals surface area contributed by atoms with Crippen molar-refractivity contribution in [2.45, 2.75) is 51.7 Å². The number of amidine groups is 1. The van der Waals surface area contributed by atoms with Crippen molar-refractivity contribution in [3.63, 3.8) is 0 Å². The van der Waals surface area contributed by atoms with Gasteiger partial charge in [-0.2, -0.15) is 5.10 Å². The van der Waals surface area contributed by atoms with E-state index in [0.717, 1.165) is 43.4 Å². The van der Waals surface area contributed by atoms with E-state index in [2.05, 4.69) is 51.1 Å². The molecule has 1 fully saturated rings. The standard InChI is InChI=1S/C18H27N9O/c1-18(2,3)17-20-15(26-9-6-12(28)10-26)14-16(21-17)27(24-23-14)11-13-22-19-7-5-8-25(13)4/h7,12,28H,5-6,8-11H2,1-4H3. The van der Waals surface area contributed by atoms with Gasteiger partial charge in [-0.15, -0.1) is 10.2 Å². The highest BCUT2D eigenvalue weighted by atomic mass is 16.3. The Morgan fingerprint density at radius 1 is 1.21 bits per heavy atom. The lowest BCUT2D eigenvalue weighted by molar-refractivity contribution is 0.198. The number of β-amino-alcohol motifs (C(OH)–C–C–N with tert-alkyl or cyclic N) is 1. The molecule has 10 nitrogen and oxygen atoms in total. The molecule has 1 saturated heterocycles. The van der Waals surface area contributed by atoms with Crippen molar-refractivity contribution in [3.05, 3.63) is 5.82 Å². The van der Waals surface area contributed by atoms with Crippen LogP contribution < -0.4 is 4.90 Å². The van der Waals surface area contributed by atoms with Gasteiger partial charge in [0.2, 0.25) is 0 Å². The predicted molar refractivity (Wildman–Crippen MR) is 108 cm³/mol. The van der Waals surface area contributed by atoms with Gasteiger partial charge in [0.1, 0.15) is 18.2 Å². The van der Waals surface area contributed by atoms with Gasteiger partial charge >= 0.3 is 0 Å². The van der Waals surface area contributed by atoms with Crippen LogP contribution in [0.2, 0.25) is 0 Å². The zero-order valence-corrected chi connectivity index (χ0v) is 16.9. The number of fused-ring (bicyclic) bond motifs is 1. The molecule has 0 spiro atoms. The molecule has 150 valence electrons. The van der Waals surface area contributed by atoms with Crippen molar-refractivity contribution in [2.75, 3.05) is 31.6 Å². The van der Waals surface area contributed by atoms with Crippen LogP contribution in [0, 0.1) is 0 Å². The van der Waals surface area contributed by atoms with Crippen LogP contribution in [-0.4, -0.2) is 79.8 Å². The molecule has 1 unspecified atom stereocenters. The number of likely N-dealkylation sites (N-methyl/N-ethyl adjacent to an activating group) is 1. The Morgan fingerprint density at radius 3 is 2.75 bits per heavy atom. The van der Waals surface area contributed by atoms with Crippen LogP contribution in [0.5, 0.6) is 0 Å². The lowest BCUT2D eigenvalue weighted by Crippen LogP contribution is -2.31. The number of rotatable bonds is 3. The van der Waals surface area contributed by atoms with Gasteiger partial charge in [0, 0.05) is 44.7 Å². The van der Waals surface area contributed by atoms with Crippen LogP contribution in [0.3, 0.4) is 0 Å². The Labute approximate surface area is 164 Å². The summed E-state index contributed by atoms with van der Waals surface area (Å²) in [6, 6.07) is 0. The van der Waals surface area contributed by atoms with E-state index in [4.69, 9.17) is 9.97 Å². The second-order valence-corrected chi connectivity index (χ2v) is 8.45. The van der Waals surface area contributed by atoms with E-state index >= 15 is 0 Å². The summed E-state index contributed by atoms with van der Waals surface area (Å²) >= 11 is 0. The third-order valence-electron chi connectivity index (χ3n) is 5.06. The van der Waals surface area contributed by atoms with Crippen molar-refractivity contribution in [1.82, 2.24) is 29.9 Å². The van der Waals surface area contributed by atoms with Crippen molar-refractivity contribution < 1.29 is 5.11 Å². The molecule has 2 aliphatic heterocycles. The zero-order valence-electron chi connectivity index (χ0n) is 16.9. The SMILES string of the molecule is CN1CCC=NN=C1Cn1nnc2c(N3CCC(O)C3)nc(C(C)(C)C)nc21. The molecule has 0 saturated carbocycles. The molecule has 10 heteroatoms. The van der Waals surface area contributed by atoms with E-state index in [-0.39, 0.29) is 11.5 Å². The highest BCUT2D eigenvalue weighted by molar-refractivity contribution is 5.87. The zero-order chi connectivity index (χ0) is 19.9. The number of aliphatic hydroxyl groups excluding tert-OH is 1. The minimum Gasteiger partial charge on any atom is -0.391 e. The van der Waals surface area contributed by atoms with Crippen LogP contribution in [0.1, 0.15) is 39.4 Å². The van der Waals surface area contributed by atoms with E-state index in [1.807, 2.05) is 13.3 Å². The Bertz CT molecular complexity index is 927. The number of nitrogens with zero attached hydrogens (tertiary/aromatic N) is 9. The average molecular weight is 385 g/mol. The van der Waals surface area contributed by atoms with Crippen LogP contribution in [0.15, 0.2) is 10.2 Å². The molecule has 1 atom stereocenters. The van der Waals surface area contributed by atoms with Gasteiger partial charge in [-0.05, 0) is 6.42 Å². The van der Waals surface area contributed by atoms with Gasteiger partial charge in [-0.1, -0.05) is 26.0 Å². The van der Waals surface area contributed by atoms with Crippen molar-refractivity contribution >= 4 is 29.0 Å². The quantitative estimate of drug-likeness (QED) is 0.833. The molecule has 0 bridgehead atoms. The molecule has 2 aromatic rings. The fraction of sp³-hybridized carbons (Fsp3) is 0.667. The predicted octanol–water partition coefficient (Wildman–Crippen LogP) is 0.810. The Morgan fingerprint density at radius 2 is 2.04 bits per heavy atom. The van der Waals surface area contributed by atoms with Crippen molar-refractivity contribution in [2.24, 2.45) is 10.2 Å². The van der Waals surface area contributed by atoms with Gasteiger partial charge in [0.25, 0.3) is 0 Å². The van der Waals surface area contributed by atoms with Gasteiger partial charge in [-0.3, -0.25) is 0 Å². The first-order valence-corrected chi connectivity index (χ1v) is 9.67. The number of hydrogen-bond acceptors (Lipinski definition) is 9. The van der Waals surface area contributed by atoms with E-state index in [1.54, 1.807) is 4.68 Å². The Hall–Kier alpha value is -2.62. The van der Waals surface area contributed by atoms with Crippen LogP contribution in [0.4, 0.5) is 5.82 Å². The van der Waals surface area contributed by atoms with E-state index in [9.17, 15) is 5.11 Å². The largest absolute Gasteiger partial charge is 0.391 e. The van der Waals surface area contributed by atoms with E-state index < -0.39 is 0 Å². The van der Waals surface area contributed by atoms with Gasteiger partial charge in [-0.25, -0.2) is 14.6 Å². The second kappa shape index (κ2) is 7.08. The fourth-order valence-electron chi connectivity index (χ4n) is 3.35. The number of aliphatic hydroxyl groups is 1. The normalized spacial score (nSPS) is 20.8.